The molecule has 2 saturated heterocycles. The third kappa shape index (κ3) is 0.767. The summed E-state index contributed by atoms with van der Waals surface area (Å²) in [5, 5.41) is 9.87. The van der Waals surface area contributed by atoms with Gasteiger partial charge in [0.15, 0.2) is 0 Å². The molecule has 2 unspecified atom stereocenters. The molecule has 0 spiro atoms. The molecule has 0 aromatic heterocycles. The van der Waals surface area contributed by atoms with Crippen LogP contribution in [-0.2, 0) is 9.47 Å². The van der Waals surface area contributed by atoms with Crippen LogP contribution < -0.4 is 0 Å². The molecule has 2 rings (SSSR count). The molecule has 0 aromatic carbocycles. The van der Waals surface area contributed by atoms with Crippen molar-refractivity contribution in [1.29, 1.82) is 0 Å². The first kappa shape index (κ1) is 8.48. The average Bonchev–Trinajstić information content (AvgIpc) is 2.41. The predicted octanol–water partition coefficient (Wildman–Crippen LogP) is 0.702. The van der Waals surface area contributed by atoms with Gasteiger partial charge < -0.3 is 14.6 Å². The summed E-state index contributed by atoms with van der Waals surface area (Å²) >= 11 is 0. The predicted molar refractivity (Wildman–Crippen MR) is 43.9 cm³/mol. The maximum absolute atomic E-state index is 9.87. The van der Waals surface area contributed by atoms with Crippen LogP contribution in [0.2, 0.25) is 0 Å². The normalized spacial score (nSPS) is 58.0. The van der Waals surface area contributed by atoms with Gasteiger partial charge in [0.1, 0.15) is 17.8 Å². The van der Waals surface area contributed by atoms with Gasteiger partial charge in [-0.15, -0.1) is 0 Å². The number of rotatable bonds is 1. The molecule has 2 heterocycles. The van der Waals surface area contributed by atoms with Gasteiger partial charge >= 0.3 is 0 Å². The Morgan fingerprint density at radius 1 is 1.42 bits per heavy atom. The first-order valence-corrected chi connectivity index (χ1v) is 4.63. The van der Waals surface area contributed by atoms with Crippen LogP contribution in [0, 0.1) is 0 Å². The van der Waals surface area contributed by atoms with E-state index in [1.807, 2.05) is 20.8 Å². The quantitative estimate of drug-likeness (QED) is 0.633. The van der Waals surface area contributed by atoms with Crippen LogP contribution in [0.15, 0.2) is 0 Å². The Kier molecular flexibility index (Phi) is 1.72. The first-order chi connectivity index (χ1) is 5.62. The van der Waals surface area contributed by atoms with Gasteiger partial charge in [-0.25, -0.2) is 0 Å². The van der Waals surface area contributed by atoms with Gasteiger partial charge in [-0.2, -0.15) is 0 Å². The molecule has 3 nitrogen and oxygen atoms in total. The fourth-order valence-corrected chi connectivity index (χ4v) is 2.47. The van der Waals surface area contributed by atoms with E-state index in [0.717, 1.165) is 6.42 Å². The minimum atomic E-state index is -0.438. The van der Waals surface area contributed by atoms with Crippen molar-refractivity contribution in [2.75, 3.05) is 0 Å². The second kappa shape index (κ2) is 2.44. The van der Waals surface area contributed by atoms with Crippen molar-refractivity contribution in [1.82, 2.24) is 0 Å². The summed E-state index contributed by atoms with van der Waals surface area (Å²) in [5.74, 6) is 0. The molecule has 2 fully saturated rings. The van der Waals surface area contributed by atoms with Crippen molar-refractivity contribution in [2.45, 2.75) is 57.2 Å². The summed E-state index contributed by atoms with van der Waals surface area (Å²) in [6.07, 6.45) is 0.332. The number of hydrogen-bond donors (Lipinski definition) is 1. The molecule has 70 valence electrons. The Morgan fingerprint density at radius 3 is 2.42 bits per heavy atom. The number of hydrogen-bond acceptors (Lipinski definition) is 3. The summed E-state index contributed by atoms with van der Waals surface area (Å²) in [5.41, 5.74) is -0.427. The van der Waals surface area contributed by atoms with Gasteiger partial charge in [0.2, 0.25) is 0 Å². The maximum atomic E-state index is 9.87. The summed E-state index contributed by atoms with van der Waals surface area (Å²) in [7, 11) is 0. The summed E-state index contributed by atoms with van der Waals surface area (Å²) in [6.45, 7) is 5.96. The van der Waals surface area contributed by atoms with Gasteiger partial charge in [0.05, 0.1) is 12.2 Å². The monoisotopic (exact) mass is 172 g/mol. The van der Waals surface area contributed by atoms with Gasteiger partial charge in [-0.3, -0.25) is 0 Å². The zero-order valence-electron chi connectivity index (χ0n) is 7.78. The molecular formula is C9H16O3. The Morgan fingerprint density at radius 2 is 2.08 bits per heavy atom. The topological polar surface area (TPSA) is 38.7 Å². The van der Waals surface area contributed by atoms with E-state index < -0.39 is 11.7 Å². The lowest BCUT2D eigenvalue weighted by Gasteiger charge is -2.33. The maximum Gasteiger partial charge on any atom is 0.123 e. The van der Waals surface area contributed by atoms with Crippen LogP contribution in [0.4, 0.5) is 0 Å². The van der Waals surface area contributed by atoms with Gasteiger partial charge in [0, 0.05) is 0 Å². The highest BCUT2D eigenvalue weighted by Gasteiger charge is 2.62. The molecule has 0 amide bonds. The SMILES string of the molecule is CC[C@]12O[C@@H](C)C(OC1C)[C@H]2O. The van der Waals surface area contributed by atoms with Crippen molar-refractivity contribution in [3.8, 4) is 0 Å². The van der Waals surface area contributed by atoms with Crippen LogP contribution in [0.3, 0.4) is 0 Å². The lowest BCUT2D eigenvalue weighted by molar-refractivity contribution is -0.176. The van der Waals surface area contributed by atoms with Crippen molar-refractivity contribution >= 4 is 0 Å². The fourth-order valence-electron chi connectivity index (χ4n) is 2.47. The van der Waals surface area contributed by atoms with E-state index in [2.05, 4.69) is 0 Å². The summed E-state index contributed by atoms with van der Waals surface area (Å²) < 4.78 is 11.4. The number of fused-ring (bicyclic) bond motifs is 2. The molecule has 12 heavy (non-hydrogen) atoms. The number of ether oxygens (including phenoxy) is 2. The Balaban J connectivity index is 2.30. The van der Waals surface area contributed by atoms with Crippen molar-refractivity contribution < 1.29 is 14.6 Å². The molecule has 0 radical (unpaired) electrons. The van der Waals surface area contributed by atoms with Crippen LogP contribution in [0.1, 0.15) is 27.2 Å². The number of aliphatic hydroxyl groups is 1. The highest BCUT2D eigenvalue weighted by molar-refractivity contribution is 5.10. The number of aliphatic hydroxyl groups excluding tert-OH is 1. The van der Waals surface area contributed by atoms with E-state index in [1.165, 1.54) is 0 Å². The molecule has 0 saturated carbocycles. The smallest absolute Gasteiger partial charge is 0.123 e. The van der Waals surface area contributed by atoms with E-state index in [-0.39, 0.29) is 18.3 Å². The second-order valence-corrected chi connectivity index (χ2v) is 3.82. The van der Waals surface area contributed by atoms with E-state index in [1.54, 1.807) is 0 Å². The van der Waals surface area contributed by atoms with Crippen molar-refractivity contribution in [3.05, 3.63) is 0 Å². The van der Waals surface area contributed by atoms with Gasteiger partial charge in [-0.05, 0) is 20.3 Å². The second-order valence-electron chi connectivity index (χ2n) is 3.82. The highest BCUT2D eigenvalue weighted by Crippen LogP contribution is 2.45. The third-order valence-electron chi connectivity index (χ3n) is 3.28. The van der Waals surface area contributed by atoms with Crippen LogP contribution in [0.5, 0.6) is 0 Å². The Labute approximate surface area is 72.7 Å². The van der Waals surface area contributed by atoms with Crippen molar-refractivity contribution in [2.24, 2.45) is 0 Å². The fraction of sp³-hybridized carbons (Fsp3) is 1.00. The summed E-state index contributed by atoms with van der Waals surface area (Å²) in [6, 6.07) is 0. The molecule has 3 heteroatoms. The standard InChI is InChI=1S/C9H16O3/c1-4-9-6(3)11-7(8(9)10)5(2)12-9/h5-8,10H,4H2,1-3H3/t5-,6?,7?,8+,9-/m0/s1. The zero-order chi connectivity index (χ0) is 8.93. The lowest BCUT2D eigenvalue weighted by Crippen LogP contribution is -2.45. The Bertz CT molecular complexity index is 194. The molecule has 2 aliphatic heterocycles. The largest absolute Gasteiger partial charge is 0.387 e. The van der Waals surface area contributed by atoms with Crippen LogP contribution in [-0.4, -0.2) is 35.1 Å². The highest BCUT2D eigenvalue weighted by atomic mass is 16.6. The molecule has 5 atom stereocenters. The molecule has 2 aliphatic rings. The Hall–Kier alpha value is -0.120. The lowest BCUT2D eigenvalue weighted by atomic mass is 9.91. The third-order valence-corrected chi connectivity index (χ3v) is 3.28. The minimum absolute atomic E-state index is 0.0266. The van der Waals surface area contributed by atoms with Crippen molar-refractivity contribution in [3.63, 3.8) is 0 Å². The zero-order valence-corrected chi connectivity index (χ0v) is 7.78. The molecule has 0 aliphatic carbocycles. The molecular weight excluding hydrogens is 156 g/mol. The first-order valence-electron chi connectivity index (χ1n) is 4.63. The van der Waals surface area contributed by atoms with E-state index in [9.17, 15) is 5.11 Å². The molecule has 1 N–H and O–H groups in total. The van der Waals surface area contributed by atoms with Crippen LogP contribution in [0.25, 0.3) is 0 Å². The molecule has 2 bridgehead atoms. The van der Waals surface area contributed by atoms with E-state index in [0.29, 0.717) is 0 Å². The molecule has 0 aromatic rings. The average molecular weight is 172 g/mol. The van der Waals surface area contributed by atoms with Gasteiger partial charge in [-0.1, -0.05) is 6.92 Å². The van der Waals surface area contributed by atoms with Crippen LogP contribution >= 0.6 is 0 Å². The van der Waals surface area contributed by atoms with Gasteiger partial charge in [0.25, 0.3) is 0 Å². The summed E-state index contributed by atoms with van der Waals surface area (Å²) in [4.78, 5) is 0. The van der Waals surface area contributed by atoms with E-state index in [4.69, 9.17) is 9.47 Å². The van der Waals surface area contributed by atoms with E-state index >= 15 is 0 Å². The minimum Gasteiger partial charge on any atom is -0.387 e.